The lowest BCUT2D eigenvalue weighted by molar-refractivity contribution is -0.145. The Morgan fingerprint density at radius 2 is 1.87 bits per heavy atom. The number of nitrogens with one attached hydrogen (secondary N) is 2. The van der Waals surface area contributed by atoms with Gasteiger partial charge in [-0.1, -0.05) is 12.2 Å². The minimum atomic E-state index is -4.64. The molecule has 4 aliphatic rings. The molecule has 3 fully saturated rings. The number of rotatable bonds is 7. The zero-order chi connectivity index (χ0) is 39.5. The molecule has 3 amide bonds. The van der Waals surface area contributed by atoms with Gasteiger partial charge in [0.15, 0.2) is 5.69 Å². The van der Waals surface area contributed by atoms with E-state index in [9.17, 15) is 36.0 Å². The van der Waals surface area contributed by atoms with Crippen LogP contribution in [0.3, 0.4) is 0 Å². The van der Waals surface area contributed by atoms with Gasteiger partial charge in [-0.2, -0.15) is 13.2 Å². The Morgan fingerprint density at radius 1 is 1.11 bits per heavy atom. The summed E-state index contributed by atoms with van der Waals surface area (Å²) < 4.78 is 80.1. The fourth-order valence-corrected chi connectivity index (χ4v) is 9.77. The first-order chi connectivity index (χ1) is 26.0. The van der Waals surface area contributed by atoms with Crippen LogP contribution in [0.4, 0.5) is 13.2 Å². The molecular formula is C38H44F3N5O7S2. The fourth-order valence-electron chi connectivity index (χ4n) is 7.67. The third kappa shape index (κ3) is 7.53. The largest absolute Gasteiger partial charge is 0.496 e. The van der Waals surface area contributed by atoms with Crippen LogP contribution in [-0.2, 0) is 30.6 Å². The van der Waals surface area contributed by atoms with E-state index in [1.165, 1.54) is 13.2 Å². The first-order valence-electron chi connectivity index (χ1n) is 18.4. The topological polar surface area (TPSA) is 157 Å². The molecule has 3 heterocycles. The van der Waals surface area contributed by atoms with E-state index in [0.717, 1.165) is 29.6 Å². The number of thiazole rings is 1. The lowest BCUT2D eigenvalue weighted by Gasteiger charge is -2.37. The van der Waals surface area contributed by atoms with Gasteiger partial charge >= 0.3 is 6.18 Å². The number of pyridine rings is 1. The number of ether oxygens (including phenoxy) is 2. The predicted molar refractivity (Wildman–Crippen MR) is 199 cm³/mol. The average molecular weight is 804 g/mol. The first-order valence-corrected chi connectivity index (χ1v) is 20.8. The number of allylic oxidation sites excluding steroid dienone is 1. The molecule has 17 heteroatoms. The van der Waals surface area contributed by atoms with Crippen molar-refractivity contribution < 1.29 is 45.4 Å². The summed E-state index contributed by atoms with van der Waals surface area (Å²) in [6.07, 6.45) is 2.58. The van der Waals surface area contributed by atoms with Crippen molar-refractivity contribution >= 4 is 50.0 Å². The van der Waals surface area contributed by atoms with Crippen LogP contribution in [0.5, 0.6) is 11.5 Å². The highest BCUT2D eigenvalue weighted by molar-refractivity contribution is 7.91. The van der Waals surface area contributed by atoms with Crippen molar-refractivity contribution in [2.75, 3.05) is 20.7 Å². The molecule has 0 radical (unpaired) electrons. The van der Waals surface area contributed by atoms with Gasteiger partial charge in [0.05, 0.1) is 29.4 Å². The van der Waals surface area contributed by atoms with Gasteiger partial charge in [-0.05, 0) is 83.8 Å². The smallest absolute Gasteiger partial charge is 0.434 e. The molecule has 7 rings (SSSR count). The SMILES string of the molecule is COc1ccc2c(O[C@H]3CC[C@H]4C(=O)N(C)CCCC/C=C\[C@@H]5C[C@@]5(C(=O)NS(=O)(=O)C5(C)CC5)NC(=O)[C@@H]4C3)cc(-c3nc(C(F)(F)F)cs3)nc2c1C. The maximum Gasteiger partial charge on any atom is 0.434 e. The summed E-state index contributed by atoms with van der Waals surface area (Å²) in [6, 6.07) is 5.02. The number of carbonyl (C=O) groups is 3. The quantitative estimate of drug-likeness (QED) is 0.277. The molecule has 296 valence electrons. The van der Waals surface area contributed by atoms with E-state index < -0.39 is 67.9 Å². The Labute approximate surface area is 321 Å². The highest BCUT2D eigenvalue weighted by Gasteiger charge is 2.63. The van der Waals surface area contributed by atoms with Crippen LogP contribution >= 0.6 is 11.3 Å². The van der Waals surface area contributed by atoms with Gasteiger partial charge in [-0.15, -0.1) is 11.3 Å². The predicted octanol–water partition coefficient (Wildman–Crippen LogP) is 5.93. The number of halogens is 3. The number of nitrogens with zero attached hydrogens (tertiary/aromatic N) is 3. The number of aromatic nitrogens is 2. The van der Waals surface area contributed by atoms with E-state index >= 15 is 0 Å². The van der Waals surface area contributed by atoms with E-state index in [2.05, 4.69) is 20.0 Å². The Bertz CT molecular complexity index is 2170. The van der Waals surface area contributed by atoms with Crippen molar-refractivity contribution in [2.24, 2.45) is 17.8 Å². The number of aryl methyl sites for hydroxylation is 1. The van der Waals surface area contributed by atoms with Gasteiger partial charge in [0, 0.05) is 47.8 Å². The Balaban J connectivity index is 1.21. The summed E-state index contributed by atoms with van der Waals surface area (Å²) in [4.78, 5) is 52.3. The second kappa shape index (κ2) is 14.4. The second-order valence-electron chi connectivity index (χ2n) is 15.4. The number of amides is 3. The molecule has 3 saturated carbocycles. The van der Waals surface area contributed by atoms with Crippen LogP contribution in [0.2, 0.25) is 0 Å². The Morgan fingerprint density at radius 3 is 2.56 bits per heavy atom. The Hall–Kier alpha value is -4.25. The zero-order valence-electron chi connectivity index (χ0n) is 31.0. The highest BCUT2D eigenvalue weighted by Crippen LogP contribution is 2.48. The first kappa shape index (κ1) is 39.0. The third-order valence-electron chi connectivity index (χ3n) is 11.6. The number of fused-ring (bicyclic) bond motifs is 3. The minimum Gasteiger partial charge on any atom is -0.496 e. The van der Waals surface area contributed by atoms with E-state index in [1.807, 2.05) is 12.2 Å². The van der Waals surface area contributed by atoms with Crippen molar-refractivity contribution in [2.45, 2.75) is 94.2 Å². The van der Waals surface area contributed by atoms with Crippen LogP contribution in [0.15, 0.2) is 35.7 Å². The molecule has 0 spiro atoms. The number of hydrogen-bond acceptors (Lipinski definition) is 10. The van der Waals surface area contributed by atoms with Crippen LogP contribution in [0.1, 0.15) is 76.0 Å². The molecule has 0 unspecified atom stereocenters. The molecule has 3 aromatic rings. The number of methoxy groups -OCH3 is 1. The number of benzene rings is 1. The van der Waals surface area contributed by atoms with Gasteiger partial charge in [0.1, 0.15) is 27.7 Å². The van der Waals surface area contributed by atoms with Crippen molar-refractivity contribution in [1.29, 1.82) is 0 Å². The molecule has 2 aromatic heterocycles. The molecule has 3 aliphatic carbocycles. The second-order valence-corrected chi connectivity index (χ2v) is 18.5. The van der Waals surface area contributed by atoms with Crippen molar-refractivity contribution in [1.82, 2.24) is 24.9 Å². The van der Waals surface area contributed by atoms with Gasteiger partial charge in [0.2, 0.25) is 21.8 Å². The molecule has 5 atom stereocenters. The molecule has 2 N–H and O–H groups in total. The molecule has 0 bridgehead atoms. The monoisotopic (exact) mass is 803 g/mol. The summed E-state index contributed by atoms with van der Waals surface area (Å²) >= 11 is 0.802. The van der Waals surface area contributed by atoms with Crippen LogP contribution in [0.25, 0.3) is 21.6 Å². The summed E-state index contributed by atoms with van der Waals surface area (Å²) in [5, 5.41) is 4.45. The van der Waals surface area contributed by atoms with Crippen LogP contribution in [0, 0.1) is 24.7 Å². The van der Waals surface area contributed by atoms with Gasteiger partial charge < -0.3 is 19.7 Å². The summed E-state index contributed by atoms with van der Waals surface area (Å²) in [5.74, 6) is -2.83. The zero-order valence-corrected chi connectivity index (χ0v) is 32.6. The maximum absolute atomic E-state index is 14.4. The molecule has 1 aliphatic heterocycles. The third-order valence-corrected chi connectivity index (χ3v) is 14.6. The molecular weight excluding hydrogens is 760 g/mol. The number of sulfonamides is 1. The average Bonchev–Trinajstić information content (AvgIpc) is 3.99. The number of carbonyl (C=O) groups excluding carboxylic acids is 3. The summed E-state index contributed by atoms with van der Waals surface area (Å²) in [7, 11) is -0.782. The van der Waals surface area contributed by atoms with Crippen LogP contribution < -0.4 is 19.5 Å². The Kier molecular flexibility index (Phi) is 10.2. The lowest BCUT2D eigenvalue weighted by Crippen LogP contribution is -2.56. The lowest BCUT2D eigenvalue weighted by atomic mass is 9.76. The van der Waals surface area contributed by atoms with Crippen molar-refractivity contribution in [3.05, 3.63) is 47.0 Å². The standard InChI is InChI=1S/C38H44F3N5O7S2/c1-21-28(52-4)13-12-25-29(18-27(42-31(21)25)33-43-30(20-54-33)38(39,40)41)53-23-10-11-24-26(17-23)32(47)44-37(35(49)45-55(50,51)36(2)14-15-36)19-22(37)9-7-5-6-8-16-46(3)34(24)48/h7,9,12-13,18,20,22-24,26H,5-6,8,10-11,14-17,19H2,1-4H3,(H,44,47)(H,45,49)/b9-7-/t22-,23+,24-,26-,37-/m1/s1. The number of alkyl halides is 3. The summed E-state index contributed by atoms with van der Waals surface area (Å²) in [5.41, 5.74) is -1.30. The van der Waals surface area contributed by atoms with E-state index in [0.29, 0.717) is 60.2 Å². The highest BCUT2D eigenvalue weighted by atomic mass is 32.2. The van der Waals surface area contributed by atoms with E-state index in [-0.39, 0.29) is 35.9 Å². The molecule has 1 aromatic carbocycles. The minimum absolute atomic E-state index is 0.0401. The van der Waals surface area contributed by atoms with Crippen molar-refractivity contribution in [3.8, 4) is 22.2 Å². The summed E-state index contributed by atoms with van der Waals surface area (Å²) in [6.45, 7) is 3.86. The fraction of sp³-hybridized carbons (Fsp3) is 0.553. The van der Waals surface area contributed by atoms with Crippen LogP contribution in [-0.4, -0.2) is 78.1 Å². The van der Waals surface area contributed by atoms with Gasteiger partial charge in [-0.25, -0.2) is 18.4 Å². The maximum atomic E-state index is 14.4. The molecule has 12 nitrogen and oxygen atoms in total. The van der Waals surface area contributed by atoms with Gasteiger partial charge in [-0.3, -0.25) is 19.1 Å². The molecule has 55 heavy (non-hydrogen) atoms. The van der Waals surface area contributed by atoms with E-state index in [1.54, 1.807) is 37.9 Å². The van der Waals surface area contributed by atoms with Gasteiger partial charge in [0.25, 0.3) is 5.91 Å². The number of hydrogen-bond donors (Lipinski definition) is 2. The normalized spacial score (nSPS) is 27.6. The van der Waals surface area contributed by atoms with Crippen molar-refractivity contribution in [3.63, 3.8) is 0 Å². The molecule has 0 saturated heterocycles. The van der Waals surface area contributed by atoms with E-state index in [4.69, 9.17) is 9.47 Å².